The normalized spacial score (nSPS) is 16.2. The van der Waals surface area contributed by atoms with Gasteiger partial charge in [0.05, 0.1) is 0 Å². The van der Waals surface area contributed by atoms with Crippen molar-refractivity contribution in [2.75, 3.05) is 43.2 Å². The van der Waals surface area contributed by atoms with Crippen molar-refractivity contribution in [3.63, 3.8) is 0 Å². The van der Waals surface area contributed by atoms with E-state index in [9.17, 15) is 4.79 Å². The van der Waals surface area contributed by atoms with Crippen LogP contribution in [0.3, 0.4) is 0 Å². The molecule has 2 aliphatic rings. The summed E-state index contributed by atoms with van der Waals surface area (Å²) >= 11 is 0. The third kappa shape index (κ3) is 3.72. The van der Waals surface area contributed by atoms with Crippen LogP contribution in [0.25, 0.3) is 0 Å². The van der Waals surface area contributed by atoms with E-state index in [4.69, 9.17) is 9.47 Å². The quantitative estimate of drug-likeness (QED) is 0.852. The first kappa shape index (κ1) is 18.5. The van der Waals surface area contributed by atoms with Crippen LogP contribution in [-0.2, 0) is 5.41 Å². The second kappa shape index (κ2) is 7.26. The SMILES string of the molecule is CC(C)(C)c1ccccc1NC(=O)N1CCN(c2ccc3c(c2)OCO3)CC1. The highest BCUT2D eigenvalue weighted by Gasteiger charge is 2.25. The van der Waals surface area contributed by atoms with Gasteiger partial charge in [0.1, 0.15) is 0 Å². The fourth-order valence-electron chi connectivity index (χ4n) is 3.69. The molecule has 6 heteroatoms. The van der Waals surface area contributed by atoms with E-state index in [1.165, 1.54) is 0 Å². The molecule has 6 nitrogen and oxygen atoms in total. The van der Waals surface area contributed by atoms with E-state index < -0.39 is 0 Å². The topological polar surface area (TPSA) is 54.0 Å². The summed E-state index contributed by atoms with van der Waals surface area (Å²) < 4.78 is 10.8. The minimum atomic E-state index is -0.0398. The van der Waals surface area contributed by atoms with Gasteiger partial charge >= 0.3 is 6.03 Å². The summed E-state index contributed by atoms with van der Waals surface area (Å²) in [6.45, 7) is 9.67. The molecule has 0 radical (unpaired) electrons. The maximum Gasteiger partial charge on any atom is 0.321 e. The van der Waals surface area contributed by atoms with Crippen LogP contribution in [0.15, 0.2) is 42.5 Å². The predicted molar refractivity (Wildman–Crippen MR) is 111 cm³/mol. The molecule has 2 amide bonds. The van der Waals surface area contributed by atoms with E-state index in [1.54, 1.807) is 0 Å². The molecule has 0 aliphatic carbocycles. The Morgan fingerprint density at radius 3 is 2.43 bits per heavy atom. The van der Waals surface area contributed by atoms with Crippen molar-refractivity contribution in [2.45, 2.75) is 26.2 Å². The Labute approximate surface area is 166 Å². The second-order valence-corrected chi connectivity index (χ2v) is 8.24. The maximum absolute atomic E-state index is 12.8. The number of hydrogen-bond acceptors (Lipinski definition) is 4. The molecule has 1 N–H and O–H groups in total. The molecule has 4 rings (SSSR count). The molecule has 2 aromatic rings. The van der Waals surface area contributed by atoms with Gasteiger partial charge in [-0.1, -0.05) is 39.0 Å². The smallest absolute Gasteiger partial charge is 0.321 e. The van der Waals surface area contributed by atoms with Crippen LogP contribution in [0.4, 0.5) is 16.2 Å². The molecule has 0 bridgehead atoms. The highest BCUT2D eigenvalue weighted by atomic mass is 16.7. The Balaban J connectivity index is 1.38. The summed E-state index contributed by atoms with van der Waals surface area (Å²) in [5, 5.41) is 3.11. The average molecular weight is 381 g/mol. The van der Waals surface area contributed by atoms with E-state index in [2.05, 4.69) is 37.1 Å². The number of carbonyl (C=O) groups excluding carboxylic acids is 1. The Kier molecular flexibility index (Phi) is 4.79. The zero-order valence-corrected chi connectivity index (χ0v) is 16.7. The molecule has 2 aromatic carbocycles. The number of benzene rings is 2. The fraction of sp³-hybridized carbons (Fsp3) is 0.409. The van der Waals surface area contributed by atoms with Gasteiger partial charge in [-0.15, -0.1) is 0 Å². The molecule has 2 heterocycles. The lowest BCUT2D eigenvalue weighted by atomic mass is 9.86. The standard InChI is InChI=1S/C22H27N3O3/c1-22(2,3)17-6-4-5-7-18(17)23-21(26)25-12-10-24(11-13-25)16-8-9-19-20(14-16)28-15-27-19/h4-9,14H,10-13,15H2,1-3H3,(H,23,26). The zero-order valence-electron chi connectivity index (χ0n) is 16.7. The van der Waals surface area contributed by atoms with Crippen LogP contribution in [-0.4, -0.2) is 43.9 Å². The highest BCUT2D eigenvalue weighted by molar-refractivity contribution is 5.90. The third-order valence-corrected chi connectivity index (χ3v) is 5.26. The lowest BCUT2D eigenvalue weighted by molar-refractivity contribution is 0.174. The van der Waals surface area contributed by atoms with Gasteiger partial charge in [-0.3, -0.25) is 0 Å². The van der Waals surface area contributed by atoms with Crippen molar-refractivity contribution >= 4 is 17.4 Å². The third-order valence-electron chi connectivity index (χ3n) is 5.26. The number of fused-ring (bicyclic) bond motifs is 1. The molecule has 148 valence electrons. The summed E-state index contributed by atoms with van der Waals surface area (Å²) in [4.78, 5) is 17.0. The number of hydrogen-bond donors (Lipinski definition) is 1. The van der Waals surface area contributed by atoms with Gasteiger partial charge < -0.3 is 24.6 Å². The van der Waals surface area contributed by atoms with E-state index in [-0.39, 0.29) is 18.2 Å². The lowest BCUT2D eigenvalue weighted by Gasteiger charge is -2.36. The number of carbonyl (C=O) groups is 1. The molecule has 0 atom stereocenters. The molecule has 1 saturated heterocycles. The number of piperazine rings is 1. The monoisotopic (exact) mass is 381 g/mol. The molecule has 0 aromatic heterocycles. The first-order chi connectivity index (χ1) is 13.4. The van der Waals surface area contributed by atoms with Crippen LogP contribution in [0.5, 0.6) is 11.5 Å². The molecule has 1 fully saturated rings. The van der Waals surface area contributed by atoms with Crippen LogP contribution >= 0.6 is 0 Å². The largest absolute Gasteiger partial charge is 0.454 e. The Hall–Kier alpha value is -2.89. The van der Waals surface area contributed by atoms with Crippen molar-refractivity contribution in [1.82, 2.24) is 4.90 Å². The van der Waals surface area contributed by atoms with E-state index in [1.807, 2.05) is 41.3 Å². The number of ether oxygens (including phenoxy) is 2. The molecular weight excluding hydrogens is 354 g/mol. The summed E-state index contributed by atoms with van der Waals surface area (Å²) in [5.74, 6) is 1.58. The second-order valence-electron chi connectivity index (χ2n) is 8.24. The van der Waals surface area contributed by atoms with Crippen LogP contribution in [0.1, 0.15) is 26.3 Å². The van der Waals surface area contributed by atoms with Gasteiger partial charge in [-0.25, -0.2) is 4.79 Å². The molecule has 0 saturated carbocycles. The minimum Gasteiger partial charge on any atom is -0.454 e. The molecule has 0 unspecified atom stereocenters. The van der Waals surface area contributed by atoms with Crippen LogP contribution in [0.2, 0.25) is 0 Å². The number of anilines is 2. The van der Waals surface area contributed by atoms with Crippen molar-refractivity contribution < 1.29 is 14.3 Å². The summed E-state index contributed by atoms with van der Waals surface area (Å²) in [6, 6.07) is 14.0. The van der Waals surface area contributed by atoms with Crippen molar-refractivity contribution in [2.24, 2.45) is 0 Å². The maximum atomic E-state index is 12.8. The number of amides is 2. The van der Waals surface area contributed by atoms with Gasteiger partial charge in [0.15, 0.2) is 11.5 Å². The summed E-state index contributed by atoms with van der Waals surface area (Å²) in [7, 11) is 0. The van der Waals surface area contributed by atoms with E-state index >= 15 is 0 Å². The number of urea groups is 1. The molecular formula is C22H27N3O3. The number of nitrogens with zero attached hydrogens (tertiary/aromatic N) is 2. The van der Waals surface area contributed by atoms with Gasteiger partial charge in [-0.05, 0) is 29.2 Å². The van der Waals surface area contributed by atoms with Gasteiger partial charge in [0.2, 0.25) is 6.79 Å². The zero-order chi connectivity index (χ0) is 19.7. The Bertz CT molecular complexity index is 868. The van der Waals surface area contributed by atoms with Crippen LogP contribution < -0.4 is 19.7 Å². The van der Waals surface area contributed by atoms with Crippen molar-refractivity contribution in [1.29, 1.82) is 0 Å². The van der Waals surface area contributed by atoms with Gasteiger partial charge in [0.25, 0.3) is 0 Å². The predicted octanol–water partition coefficient (Wildman–Crippen LogP) is 4.07. The van der Waals surface area contributed by atoms with Crippen molar-refractivity contribution in [3.8, 4) is 11.5 Å². The summed E-state index contributed by atoms with van der Waals surface area (Å²) in [5.41, 5.74) is 3.10. The van der Waals surface area contributed by atoms with Crippen molar-refractivity contribution in [3.05, 3.63) is 48.0 Å². The molecule has 0 spiro atoms. The number of rotatable bonds is 2. The molecule has 28 heavy (non-hydrogen) atoms. The minimum absolute atomic E-state index is 0.0259. The van der Waals surface area contributed by atoms with Crippen LogP contribution in [0, 0.1) is 0 Å². The lowest BCUT2D eigenvalue weighted by Crippen LogP contribution is -2.50. The fourth-order valence-corrected chi connectivity index (χ4v) is 3.69. The van der Waals surface area contributed by atoms with E-state index in [0.29, 0.717) is 13.1 Å². The first-order valence-corrected chi connectivity index (χ1v) is 9.72. The average Bonchev–Trinajstić information content (AvgIpc) is 3.15. The number of para-hydroxylation sites is 1. The Morgan fingerprint density at radius 1 is 0.964 bits per heavy atom. The number of nitrogens with one attached hydrogen (secondary N) is 1. The summed E-state index contributed by atoms with van der Waals surface area (Å²) in [6.07, 6.45) is 0. The Morgan fingerprint density at radius 2 is 1.68 bits per heavy atom. The van der Waals surface area contributed by atoms with Gasteiger partial charge in [0, 0.05) is 43.6 Å². The van der Waals surface area contributed by atoms with E-state index in [0.717, 1.165) is 41.5 Å². The highest BCUT2D eigenvalue weighted by Crippen LogP contribution is 2.35. The first-order valence-electron chi connectivity index (χ1n) is 9.72. The van der Waals surface area contributed by atoms with Gasteiger partial charge in [-0.2, -0.15) is 0 Å². The molecule has 2 aliphatic heterocycles.